The maximum absolute atomic E-state index is 12.4. The average Bonchev–Trinajstić information content (AvgIpc) is 2.82. The highest BCUT2D eigenvalue weighted by Crippen LogP contribution is 2.29. The van der Waals surface area contributed by atoms with Gasteiger partial charge in [-0.1, -0.05) is 90.1 Å². The van der Waals surface area contributed by atoms with Gasteiger partial charge in [0, 0.05) is 29.0 Å². The fourth-order valence-electron chi connectivity index (χ4n) is 3.36. The molecule has 0 saturated carbocycles. The number of rotatable bonds is 7. The van der Waals surface area contributed by atoms with E-state index in [1.165, 1.54) is 17.3 Å². The van der Waals surface area contributed by atoms with Gasteiger partial charge in [0.2, 0.25) is 11.1 Å². The summed E-state index contributed by atoms with van der Waals surface area (Å²) in [5.74, 6) is 0.541. The van der Waals surface area contributed by atoms with Crippen LogP contribution < -0.4 is 5.32 Å². The van der Waals surface area contributed by atoms with Crippen molar-refractivity contribution < 1.29 is 4.79 Å². The molecule has 32 heavy (non-hydrogen) atoms. The number of amides is 1. The first kappa shape index (κ1) is 21.7. The van der Waals surface area contributed by atoms with Crippen LogP contribution in [-0.2, 0) is 4.79 Å². The van der Waals surface area contributed by atoms with E-state index in [9.17, 15) is 4.79 Å². The largest absolute Gasteiger partial charge is 0.326 e. The zero-order valence-corrected chi connectivity index (χ0v) is 18.9. The second-order valence-electron chi connectivity index (χ2n) is 7.49. The standard InChI is InChI=1S/C26H24N4OS/c1-18-13-14-22(19(2)17-18)27-23(31)15-16-32-26-28-24(20-9-5-3-6-10-20)25(29-30-26)21-11-7-4-8-12-21/h3-14,17H,15-16H2,1-2H3,(H,27,31). The molecule has 0 atom stereocenters. The molecule has 6 heteroatoms. The van der Waals surface area contributed by atoms with Gasteiger partial charge in [0.05, 0.1) is 0 Å². The number of anilines is 1. The molecule has 0 aliphatic carbocycles. The normalized spacial score (nSPS) is 10.7. The molecule has 0 aliphatic rings. The Hall–Kier alpha value is -3.51. The number of thioether (sulfide) groups is 1. The van der Waals surface area contributed by atoms with E-state index in [0.29, 0.717) is 17.3 Å². The number of benzene rings is 3. The first-order valence-corrected chi connectivity index (χ1v) is 11.4. The predicted molar refractivity (Wildman–Crippen MR) is 131 cm³/mol. The molecule has 1 N–H and O–H groups in total. The molecule has 0 saturated heterocycles. The van der Waals surface area contributed by atoms with Gasteiger partial charge in [-0.3, -0.25) is 4.79 Å². The van der Waals surface area contributed by atoms with Gasteiger partial charge in [-0.25, -0.2) is 4.98 Å². The summed E-state index contributed by atoms with van der Waals surface area (Å²) in [6.07, 6.45) is 0.364. The van der Waals surface area contributed by atoms with Gasteiger partial charge in [-0.05, 0) is 25.5 Å². The molecule has 5 nitrogen and oxygen atoms in total. The Morgan fingerprint density at radius 2 is 1.50 bits per heavy atom. The Bertz CT molecular complexity index is 1210. The number of hydrogen-bond donors (Lipinski definition) is 1. The van der Waals surface area contributed by atoms with E-state index in [0.717, 1.165) is 33.8 Å². The lowest BCUT2D eigenvalue weighted by Crippen LogP contribution is -2.13. The van der Waals surface area contributed by atoms with E-state index >= 15 is 0 Å². The highest BCUT2D eigenvalue weighted by atomic mass is 32.2. The summed E-state index contributed by atoms with van der Waals surface area (Å²) in [6.45, 7) is 4.03. The van der Waals surface area contributed by atoms with Crippen LogP contribution in [0, 0.1) is 13.8 Å². The highest BCUT2D eigenvalue weighted by molar-refractivity contribution is 7.99. The molecule has 0 fully saturated rings. The third-order valence-corrected chi connectivity index (χ3v) is 5.82. The van der Waals surface area contributed by atoms with Crippen LogP contribution in [0.15, 0.2) is 84.0 Å². The van der Waals surface area contributed by atoms with Crippen LogP contribution in [0.5, 0.6) is 0 Å². The zero-order chi connectivity index (χ0) is 22.3. The summed E-state index contributed by atoms with van der Waals surface area (Å²) in [4.78, 5) is 17.2. The molecule has 0 radical (unpaired) electrons. The Labute approximate surface area is 192 Å². The predicted octanol–water partition coefficient (Wildman–Crippen LogP) is 5.94. The SMILES string of the molecule is Cc1ccc(NC(=O)CCSc2nnc(-c3ccccc3)c(-c3ccccc3)n2)c(C)c1. The Kier molecular flexibility index (Phi) is 6.92. The fraction of sp³-hybridized carbons (Fsp3) is 0.154. The van der Waals surface area contributed by atoms with Crippen molar-refractivity contribution in [1.29, 1.82) is 0 Å². The number of nitrogens with one attached hydrogen (secondary N) is 1. The molecule has 160 valence electrons. The summed E-state index contributed by atoms with van der Waals surface area (Å²) in [5.41, 5.74) is 6.56. The van der Waals surface area contributed by atoms with Crippen molar-refractivity contribution in [2.24, 2.45) is 0 Å². The van der Waals surface area contributed by atoms with Crippen molar-refractivity contribution in [3.05, 3.63) is 90.0 Å². The Morgan fingerprint density at radius 3 is 2.16 bits per heavy atom. The van der Waals surface area contributed by atoms with Crippen LogP contribution in [-0.4, -0.2) is 26.8 Å². The second-order valence-corrected chi connectivity index (χ2v) is 8.55. The maximum atomic E-state index is 12.4. The number of aromatic nitrogens is 3. The van der Waals surface area contributed by atoms with Crippen LogP contribution in [0.25, 0.3) is 22.5 Å². The summed E-state index contributed by atoms with van der Waals surface area (Å²) >= 11 is 1.43. The third kappa shape index (κ3) is 5.39. The van der Waals surface area contributed by atoms with E-state index in [1.807, 2.05) is 86.6 Å². The van der Waals surface area contributed by atoms with Crippen molar-refractivity contribution in [3.8, 4) is 22.5 Å². The molecular formula is C26H24N4OS. The number of carbonyl (C=O) groups excluding carboxylic acids is 1. The minimum absolute atomic E-state index is 0.0263. The molecule has 0 bridgehead atoms. The van der Waals surface area contributed by atoms with Gasteiger partial charge >= 0.3 is 0 Å². The molecule has 1 amide bonds. The molecule has 4 rings (SSSR count). The molecule has 0 aliphatic heterocycles. The fourth-order valence-corrected chi connectivity index (χ4v) is 4.09. The lowest BCUT2D eigenvalue weighted by molar-refractivity contribution is -0.115. The lowest BCUT2D eigenvalue weighted by atomic mass is 10.0. The van der Waals surface area contributed by atoms with Crippen molar-refractivity contribution >= 4 is 23.4 Å². The summed E-state index contributed by atoms with van der Waals surface area (Å²) in [7, 11) is 0. The molecule has 3 aromatic carbocycles. The lowest BCUT2D eigenvalue weighted by Gasteiger charge is -2.10. The summed E-state index contributed by atoms with van der Waals surface area (Å²) < 4.78 is 0. The van der Waals surface area contributed by atoms with E-state index in [-0.39, 0.29) is 5.91 Å². The highest BCUT2D eigenvalue weighted by Gasteiger charge is 2.14. The van der Waals surface area contributed by atoms with Gasteiger partial charge in [0.15, 0.2) is 0 Å². The minimum atomic E-state index is -0.0263. The molecule has 1 aromatic heterocycles. The van der Waals surface area contributed by atoms with Gasteiger partial charge in [-0.2, -0.15) is 0 Å². The third-order valence-electron chi connectivity index (χ3n) is 4.98. The van der Waals surface area contributed by atoms with E-state index in [4.69, 9.17) is 4.98 Å². The minimum Gasteiger partial charge on any atom is -0.326 e. The maximum Gasteiger partial charge on any atom is 0.225 e. The van der Waals surface area contributed by atoms with Crippen LogP contribution in [0.2, 0.25) is 0 Å². The number of aryl methyl sites for hydroxylation is 2. The average molecular weight is 441 g/mol. The van der Waals surface area contributed by atoms with E-state index in [2.05, 4.69) is 21.6 Å². The van der Waals surface area contributed by atoms with Crippen LogP contribution in [0.4, 0.5) is 5.69 Å². The van der Waals surface area contributed by atoms with Crippen LogP contribution in [0.1, 0.15) is 17.5 Å². The monoisotopic (exact) mass is 440 g/mol. The second kappa shape index (κ2) is 10.2. The van der Waals surface area contributed by atoms with E-state index < -0.39 is 0 Å². The van der Waals surface area contributed by atoms with Gasteiger partial charge in [-0.15, -0.1) is 10.2 Å². The van der Waals surface area contributed by atoms with E-state index in [1.54, 1.807) is 0 Å². The van der Waals surface area contributed by atoms with Crippen molar-refractivity contribution in [2.75, 3.05) is 11.1 Å². The smallest absolute Gasteiger partial charge is 0.225 e. The molecule has 4 aromatic rings. The van der Waals surface area contributed by atoms with Gasteiger partial charge in [0.1, 0.15) is 11.4 Å². The summed E-state index contributed by atoms with van der Waals surface area (Å²) in [6, 6.07) is 25.9. The van der Waals surface area contributed by atoms with Crippen molar-refractivity contribution in [3.63, 3.8) is 0 Å². The molecule has 0 spiro atoms. The zero-order valence-electron chi connectivity index (χ0n) is 18.1. The number of carbonyl (C=O) groups is 1. The van der Waals surface area contributed by atoms with Crippen LogP contribution >= 0.6 is 11.8 Å². The molecule has 1 heterocycles. The van der Waals surface area contributed by atoms with Gasteiger partial charge < -0.3 is 5.32 Å². The topological polar surface area (TPSA) is 67.8 Å². The molecule has 0 unspecified atom stereocenters. The number of hydrogen-bond acceptors (Lipinski definition) is 5. The summed E-state index contributed by atoms with van der Waals surface area (Å²) in [5, 5.41) is 12.3. The first-order valence-electron chi connectivity index (χ1n) is 10.5. The first-order chi connectivity index (χ1) is 15.6. The van der Waals surface area contributed by atoms with Gasteiger partial charge in [0.25, 0.3) is 0 Å². The van der Waals surface area contributed by atoms with Crippen molar-refractivity contribution in [2.45, 2.75) is 25.4 Å². The Balaban J connectivity index is 1.46. The molecular weight excluding hydrogens is 416 g/mol. The van der Waals surface area contributed by atoms with Crippen molar-refractivity contribution in [1.82, 2.24) is 15.2 Å². The number of nitrogens with zero attached hydrogens (tertiary/aromatic N) is 3. The quantitative estimate of drug-likeness (QED) is 0.360. The Morgan fingerprint density at radius 1 is 0.844 bits per heavy atom. The van der Waals surface area contributed by atoms with Crippen LogP contribution in [0.3, 0.4) is 0 Å².